The summed E-state index contributed by atoms with van der Waals surface area (Å²) in [6.45, 7) is 2.14. The van der Waals surface area contributed by atoms with Gasteiger partial charge in [-0.2, -0.15) is 0 Å². The van der Waals surface area contributed by atoms with E-state index in [9.17, 15) is 8.42 Å². The van der Waals surface area contributed by atoms with Crippen LogP contribution in [0.5, 0.6) is 0 Å². The minimum Gasteiger partial charge on any atom is -0.329 e. The second-order valence-electron chi connectivity index (χ2n) is 5.08. The quantitative estimate of drug-likeness (QED) is 0.840. The number of benzene rings is 1. The van der Waals surface area contributed by atoms with E-state index >= 15 is 0 Å². The van der Waals surface area contributed by atoms with Gasteiger partial charge < -0.3 is 5.73 Å². The average molecular weight is 368 g/mol. The number of hydrogen-bond donors (Lipinski definition) is 2. The molecule has 0 radical (unpaired) electrons. The molecule has 1 saturated carbocycles. The van der Waals surface area contributed by atoms with Gasteiger partial charge in [-0.25, -0.2) is 13.1 Å². The molecule has 0 bridgehead atoms. The van der Waals surface area contributed by atoms with Crippen molar-refractivity contribution in [1.82, 2.24) is 4.72 Å². The van der Waals surface area contributed by atoms with Crippen LogP contribution in [0.15, 0.2) is 27.6 Å². The maximum Gasteiger partial charge on any atom is 0.241 e. The van der Waals surface area contributed by atoms with Gasteiger partial charge in [0.05, 0.1) is 9.92 Å². The second kappa shape index (κ2) is 5.33. The maximum absolute atomic E-state index is 12.4. The van der Waals surface area contributed by atoms with Crippen molar-refractivity contribution in [3.63, 3.8) is 0 Å². The van der Waals surface area contributed by atoms with Crippen molar-refractivity contribution in [1.29, 1.82) is 0 Å². The summed E-state index contributed by atoms with van der Waals surface area (Å²) >= 11 is 9.10. The highest BCUT2D eigenvalue weighted by molar-refractivity contribution is 9.10. The van der Waals surface area contributed by atoms with Gasteiger partial charge in [0.25, 0.3) is 0 Å². The highest BCUT2D eigenvalue weighted by Gasteiger charge is 2.43. The molecular formula is C12H16BrClN2O2S. The minimum atomic E-state index is -3.59. The van der Waals surface area contributed by atoms with Crippen molar-refractivity contribution in [3.05, 3.63) is 27.7 Å². The molecular weight excluding hydrogens is 352 g/mol. The predicted octanol–water partition coefficient (Wildman–Crippen LogP) is 2.51. The number of rotatable bonds is 5. The lowest BCUT2D eigenvalue weighted by molar-refractivity contribution is 0.374. The molecule has 2 rings (SSSR count). The first-order chi connectivity index (χ1) is 8.78. The lowest BCUT2D eigenvalue weighted by Crippen LogP contribution is -2.52. The van der Waals surface area contributed by atoms with Gasteiger partial charge in [0.15, 0.2) is 0 Å². The van der Waals surface area contributed by atoms with E-state index in [1.807, 2.05) is 6.92 Å². The van der Waals surface area contributed by atoms with Crippen molar-refractivity contribution in [3.8, 4) is 0 Å². The molecule has 0 aliphatic heterocycles. The van der Waals surface area contributed by atoms with Crippen LogP contribution in [0.1, 0.15) is 19.8 Å². The normalized spacial score (nSPS) is 19.2. The molecule has 1 unspecified atom stereocenters. The van der Waals surface area contributed by atoms with Gasteiger partial charge in [0, 0.05) is 16.6 Å². The molecule has 7 heteroatoms. The standard InChI is InChI=1S/C12H16BrClN2O2S/c1-12(7-15,8-2-3-8)16-19(17,18)9-4-5-11(14)10(13)6-9/h4-6,8,16H,2-3,7,15H2,1H3. The molecule has 4 nitrogen and oxygen atoms in total. The molecule has 1 atom stereocenters. The summed E-state index contributed by atoms with van der Waals surface area (Å²) in [5.41, 5.74) is 5.15. The molecule has 1 aliphatic rings. The number of hydrogen-bond acceptors (Lipinski definition) is 3. The van der Waals surface area contributed by atoms with Crippen molar-refractivity contribution in [2.45, 2.75) is 30.2 Å². The maximum atomic E-state index is 12.4. The van der Waals surface area contributed by atoms with Crippen molar-refractivity contribution >= 4 is 37.6 Å². The number of nitrogens with one attached hydrogen (secondary N) is 1. The number of sulfonamides is 1. The van der Waals surface area contributed by atoms with Crippen LogP contribution in [0.2, 0.25) is 5.02 Å². The van der Waals surface area contributed by atoms with Gasteiger partial charge in [-0.3, -0.25) is 0 Å². The molecule has 106 valence electrons. The second-order valence-corrected chi connectivity index (χ2v) is 8.02. The first-order valence-corrected chi connectivity index (χ1v) is 8.63. The Kier molecular flexibility index (Phi) is 4.28. The van der Waals surface area contributed by atoms with Crippen LogP contribution >= 0.6 is 27.5 Å². The third kappa shape index (κ3) is 3.31. The van der Waals surface area contributed by atoms with E-state index in [1.165, 1.54) is 12.1 Å². The Morgan fingerprint density at radius 3 is 2.63 bits per heavy atom. The summed E-state index contributed by atoms with van der Waals surface area (Å²) in [6, 6.07) is 4.53. The largest absolute Gasteiger partial charge is 0.329 e. The van der Waals surface area contributed by atoms with Crippen LogP contribution in [0.3, 0.4) is 0 Å². The average Bonchev–Trinajstić information content (AvgIpc) is 3.16. The molecule has 0 heterocycles. The summed E-state index contributed by atoms with van der Waals surface area (Å²) in [4.78, 5) is 0.184. The Labute approximate surface area is 126 Å². The third-order valence-electron chi connectivity index (χ3n) is 3.47. The highest BCUT2D eigenvalue weighted by atomic mass is 79.9. The zero-order valence-corrected chi connectivity index (χ0v) is 13.6. The molecule has 1 fully saturated rings. The van der Waals surface area contributed by atoms with Gasteiger partial charge in [-0.05, 0) is 59.8 Å². The minimum absolute atomic E-state index is 0.184. The van der Waals surface area contributed by atoms with Gasteiger partial charge >= 0.3 is 0 Å². The van der Waals surface area contributed by atoms with Gasteiger partial charge in [0.2, 0.25) is 10.0 Å². The Bertz CT molecular complexity index is 589. The topological polar surface area (TPSA) is 72.2 Å². The lowest BCUT2D eigenvalue weighted by atomic mass is 9.98. The zero-order valence-electron chi connectivity index (χ0n) is 10.5. The summed E-state index contributed by atoms with van der Waals surface area (Å²) < 4.78 is 28.0. The Balaban J connectivity index is 2.29. The molecule has 1 aliphatic carbocycles. The van der Waals surface area contributed by atoms with E-state index in [2.05, 4.69) is 20.7 Å². The van der Waals surface area contributed by atoms with Gasteiger partial charge in [0.1, 0.15) is 0 Å². The SMILES string of the molecule is CC(CN)(NS(=O)(=O)c1ccc(Cl)c(Br)c1)C1CC1. The molecule has 1 aromatic rings. The fourth-order valence-corrected chi connectivity index (χ4v) is 4.17. The monoisotopic (exact) mass is 366 g/mol. The van der Waals surface area contributed by atoms with Crippen LogP contribution < -0.4 is 10.5 Å². The molecule has 3 N–H and O–H groups in total. The van der Waals surface area contributed by atoms with Crippen molar-refractivity contribution in [2.24, 2.45) is 11.7 Å². The van der Waals surface area contributed by atoms with Crippen LogP contribution in [0, 0.1) is 5.92 Å². The summed E-state index contributed by atoms with van der Waals surface area (Å²) in [6.07, 6.45) is 2.03. The Morgan fingerprint density at radius 1 is 1.53 bits per heavy atom. The summed E-state index contributed by atoms with van der Waals surface area (Å²) in [7, 11) is -3.59. The number of nitrogens with two attached hydrogens (primary N) is 1. The Hall–Kier alpha value is -0.140. The smallest absolute Gasteiger partial charge is 0.241 e. The number of halogens is 2. The van der Waals surface area contributed by atoms with Crippen LogP contribution in [-0.2, 0) is 10.0 Å². The molecule has 0 aromatic heterocycles. The van der Waals surface area contributed by atoms with E-state index in [-0.39, 0.29) is 11.4 Å². The molecule has 0 saturated heterocycles. The van der Waals surface area contributed by atoms with E-state index in [4.69, 9.17) is 17.3 Å². The lowest BCUT2D eigenvalue weighted by Gasteiger charge is -2.29. The van der Waals surface area contributed by atoms with Crippen LogP contribution in [0.25, 0.3) is 0 Å². The molecule has 0 amide bonds. The Morgan fingerprint density at radius 2 is 2.16 bits per heavy atom. The van der Waals surface area contributed by atoms with E-state index in [0.29, 0.717) is 15.4 Å². The predicted molar refractivity (Wildman–Crippen MR) is 79.7 cm³/mol. The molecule has 19 heavy (non-hydrogen) atoms. The first kappa shape index (κ1) is 15.3. The fourth-order valence-electron chi connectivity index (χ4n) is 2.02. The van der Waals surface area contributed by atoms with Crippen LogP contribution in [0.4, 0.5) is 0 Å². The first-order valence-electron chi connectivity index (χ1n) is 5.97. The zero-order chi connectivity index (χ0) is 14.3. The van der Waals surface area contributed by atoms with Crippen molar-refractivity contribution < 1.29 is 8.42 Å². The fraction of sp³-hybridized carbons (Fsp3) is 0.500. The third-order valence-corrected chi connectivity index (χ3v) is 6.29. The van der Waals surface area contributed by atoms with E-state index in [0.717, 1.165) is 12.8 Å². The van der Waals surface area contributed by atoms with Gasteiger partial charge in [-0.1, -0.05) is 11.6 Å². The molecule has 1 aromatic carbocycles. The summed E-state index contributed by atoms with van der Waals surface area (Å²) in [5.74, 6) is 0.322. The van der Waals surface area contributed by atoms with Crippen LogP contribution in [-0.4, -0.2) is 20.5 Å². The van der Waals surface area contributed by atoms with Crippen molar-refractivity contribution in [2.75, 3.05) is 6.54 Å². The van der Waals surface area contributed by atoms with E-state index in [1.54, 1.807) is 6.07 Å². The van der Waals surface area contributed by atoms with Gasteiger partial charge in [-0.15, -0.1) is 0 Å². The molecule has 0 spiro atoms. The summed E-state index contributed by atoms with van der Waals surface area (Å²) in [5, 5.41) is 0.475. The highest BCUT2D eigenvalue weighted by Crippen LogP contribution is 2.39. The van der Waals surface area contributed by atoms with E-state index < -0.39 is 15.6 Å².